The summed E-state index contributed by atoms with van der Waals surface area (Å²) in [6.45, 7) is 3.81. The van der Waals surface area contributed by atoms with Crippen LogP contribution in [0.5, 0.6) is 0 Å². The Morgan fingerprint density at radius 2 is 2.23 bits per heavy atom. The van der Waals surface area contributed by atoms with Crippen LogP contribution in [0.3, 0.4) is 0 Å². The van der Waals surface area contributed by atoms with Crippen molar-refractivity contribution >= 4 is 11.6 Å². The van der Waals surface area contributed by atoms with Crippen molar-refractivity contribution in [1.82, 2.24) is 0 Å². The predicted octanol–water partition coefficient (Wildman–Crippen LogP) is 2.36. The van der Waals surface area contributed by atoms with E-state index in [1.165, 1.54) is 0 Å². The summed E-state index contributed by atoms with van der Waals surface area (Å²) in [5.41, 5.74) is 0. The van der Waals surface area contributed by atoms with E-state index < -0.39 is 0 Å². The van der Waals surface area contributed by atoms with Crippen LogP contribution in [0.1, 0.15) is 46.0 Å². The maximum absolute atomic E-state index is 11.2. The molecule has 1 aliphatic carbocycles. The molecular weight excluding hydrogens is 164 g/mol. The van der Waals surface area contributed by atoms with E-state index in [-0.39, 0.29) is 5.78 Å². The lowest BCUT2D eigenvalue weighted by Crippen LogP contribution is -2.23. The smallest absolute Gasteiger partial charge is 0.133 e. The molecule has 1 saturated carbocycles. The quantitative estimate of drug-likeness (QED) is 0.671. The van der Waals surface area contributed by atoms with Gasteiger partial charge in [-0.15, -0.1) is 0 Å². The molecule has 0 bridgehead atoms. The Kier molecular flexibility index (Phi) is 3.64. The number of hydrogen-bond acceptors (Lipinski definition) is 2. The van der Waals surface area contributed by atoms with Crippen molar-refractivity contribution in [1.29, 1.82) is 0 Å². The lowest BCUT2D eigenvalue weighted by Gasteiger charge is -2.27. The van der Waals surface area contributed by atoms with E-state index in [9.17, 15) is 9.59 Å². The first-order valence-electron chi connectivity index (χ1n) is 5.10. The molecule has 1 fully saturated rings. The van der Waals surface area contributed by atoms with Gasteiger partial charge in [-0.25, -0.2) is 0 Å². The highest BCUT2D eigenvalue weighted by Crippen LogP contribution is 2.30. The molecule has 0 amide bonds. The third-order valence-corrected chi connectivity index (χ3v) is 3.04. The molecule has 0 aromatic rings. The summed E-state index contributed by atoms with van der Waals surface area (Å²) in [5, 5.41) is 0. The molecule has 0 spiro atoms. The Bertz CT molecular complexity index is 208. The molecule has 0 unspecified atom stereocenters. The van der Waals surface area contributed by atoms with Gasteiger partial charge in [-0.2, -0.15) is 0 Å². The van der Waals surface area contributed by atoms with Gasteiger partial charge in [-0.3, -0.25) is 4.79 Å². The Hall–Kier alpha value is -0.660. The molecule has 0 saturated heterocycles. The number of hydrogen-bond donors (Lipinski definition) is 0. The highest BCUT2D eigenvalue weighted by Gasteiger charge is 2.25. The standard InChI is InChI=1S/C11H18O2/c1-8-3-6-11(13)7-10(8)5-4-9(2)12/h8,10H,3-7H2,1-2H3/t8-,10+/m1/s1. The Morgan fingerprint density at radius 1 is 1.54 bits per heavy atom. The van der Waals surface area contributed by atoms with E-state index in [1.54, 1.807) is 6.92 Å². The van der Waals surface area contributed by atoms with E-state index in [4.69, 9.17) is 0 Å². The molecule has 2 nitrogen and oxygen atoms in total. The molecule has 0 aromatic heterocycles. The second-order valence-corrected chi connectivity index (χ2v) is 4.26. The lowest BCUT2D eigenvalue weighted by atomic mass is 9.77. The first kappa shape index (κ1) is 10.4. The number of Topliss-reactive ketones (excluding diaryl/α,β-unsaturated/α-hetero) is 2. The van der Waals surface area contributed by atoms with Crippen molar-refractivity contribution in [2.24, 2.45) is 11.8 Å². The van der Waals surface area contributed by atoms with Crippen molar-refractivity contribution in [2.45, 2.75) is 46.0 Å². The average Bonchev–Trinajstić information content (AvgIpc) is 2.06. The van der Waals surface area contributed by atoms with Crippen LogP contribution in [0.4, 0.5) is 0 Å². The second kappa shape index (κ2) is 4.54. The molecule has 0 radical (unpaired) electrons. The van der Waals surface area contributed by atoms with Gasteiger partial charge in [0, 0.05) is 19.3 Å². The van der Waals surface area contributed by atoms with Crippen LogP contribution in [0.15, 0.2) is 0 Å². The van der Waals surface area contributed by atoms with Gasteiger partial charge >= 0.3 is 0 Å². The van der Waals surface area contributed by atoms with Crippen molar-refractivity contribution in [3.8, 4) is 0 Å². The molecule has 0 aromatic carbocycles. The minimum atomic E-state index is 0.241. The van der Waals surface area contributed by atoms with Gasteiger partial charge in [0.05, 0.1) is 0 Å². The normalized spacial score (nSPS) is 28.9. The fourth-order valence-corrected chi connectivity index (χ4v) is 2.00. The van der Waals surface area contributed by atoms with Gasteiger partial charge in [0.2, 0.25) is 0 Å². The number of ketones is 2. The van der Waals surface area contributed by atoms with Crippen molar-refractivity contribution in [2.75, 3.05) is 0 Å². The van der Waals surface area contributed by atoms with Gasteiger partial charge in [0.15, 0.2) is 0 Å². The fraction of sp³-hybridized carbons (Fsp3) is 0.818. The molecule has 74 valence electrons. The molecular formula is C11H18O2. The summed E-state index contributed by atoms with van der Waals surface area (Å²) in [5.74, 6) is 1.71. The van der Waals surface area contributed by atoms with Gasteiger partial charge in [0.25, 0.3) is 0 Å². The Balaban J connectivity index is 2.37. The van der Waals surface area contributed by atoms with Gasteiger partial charge in [-0.1, -0.05) is 6.92 Å². The predicted molar refractivity (Wildman–Crippen MR) is 51.4 cm³/mol. The molecule has 1 rings (SSSR count). The van der Waals surface area contributed by atoms with Crippen molar-refractivity contribution in [3.05, 3.63) is 0 Å². The zero-order valence-electron chi connectivity index (χ0n) is 8.51. The first-order valence-corrected chi connectivity index (χ1v) is 5.10. The fourth-order valence-electron chi connectivity index (χ4n) is 2.00. The number of carbonyl (C=O) groups is 2. The summed E-state index contributed by atoms with van der Waals surface area (Å²) < 4.78 is 0. The topological polar surface area (TPSA) is 34.1 Å². The largest absolute Gasteiger partial charge is 0.300 e. The van der Waals surface area contributed by atoms with Crippen LogP contribution >= 0.6 is 0 Å². The first-order chi connectivity index (χ1) is 6.09. The molecule has 0 aliphatic heterocycles. The number of rotatable bonds is 3. The van der Waals surface area contributed by atoms with Crippen molar-refractivity contribution < 1.29 is 9.59 Å². The van der Waals surface area contributed by atoms with Crippen LogP contribution in [-0.4, -0.2) is 11.6 Å². The SMILES string of the molecule is CC(=O)CC[C@H]1CC(=O)CC[C@H]1C. The molecule has 2 heteroatoms. The number of carbonyl (C=O) groups excluding carboxylic acids is 2. The van der Waals surface area contributed by atoms with Gasteiger partial charge in [0.1, 0.15) is 11.6 Å². The van der Waals surface area contributed by atoms with Gasteiger partial charge in [-0.05, 0) is 31.6 Å². The van der Waals surface area contributed by atoms with Crippen molar-refractivity contribution in [3.63, 3.8) is 0 Å². The molecule has 1 aliphatic rings. The van der Waals surface area contributed by atoms with E-state index >= 15 is 0 Å². The monoisotopic (exact) mass is 182 g/mol. The third kappa shape index (κ3) is 3.29. The van der Waals surface area contributed by atoms with Gasteiger partial charge < -0.3 is 4.79 Å². The molecule has 2 atom stereocenters. The highest BCUT2D eigenvalue weighted by atomic mass is 16.1. The summed E-state index contributed by atoms with van der Waals surface area (Å²) in [6.07, 6.45) is 4.01. The maximum Gasteiger partial charge on any atom is 0.133 e. The zero-order chi connectivity index (χ0) is 9.84. The average molecular weight is 182 g/mol. The van der Waals surface area contributed by atoms with Crippen LogP contribution < -0.4 is 0 Å². The summed E-state index contributed by atoms with van der Waals surface area (Å²) >= 11 is 0. The summed E-state index contributed by atoms with van der Waals surface area (Å²) in [7, 11) is 0. The van der Waals surface area contributed by atoms with Crippen LogP contribution in [0, 0.1) is 11.8 Å². The summed E-state index contributed by atoms with van der Waals surface area (Å²) in [4.78, 5) is 22.0. The third-order valence-electron chi connectivity index (χ3n) is 3.04. The molecule has 0 N–H and O–H groups in total. The van der Waals surface area contributed by atoms with Crippen LogP contribution in [-0.2, 0) is 9.59 Å². The van der Waals surface area contributed by atoms with Crippen LogP contribution in [0.25, 0.3) is 0 Å². The Labute approximate surface area is 79.7 Å². The van der Waals surface area contributed by atoms with E-state index in [0.29, 0.717) is 30.5 Å². The van der Waals surface area contributed by atoms with E-state index in [1.807, 2.05) is 0 Å². The minimum absolute atomic E-state index is 0.241. The second-order valence-electron chi connectivity index (χ2n) is 4.26. The highest BCUT2D eigenvalue weighted by molar-refractivity contribution is 5.79. The molecule has 0 heterocycles. The van der Waals surface area contributed by atoms with E-state index in [2.05, 4.69) is 6.92 Å². The lowest BCUT2D eigenvalue weighted by molar-refractivity contribution is -0.123. The Morgan fingerprint density at radius 3 is 2.85 bits per heavy atom. The zero-order valence-corrected chi connectivity index (χ0v) is 8.51. The minimum Gasteiger partial charge on any atom is -0.300 e. The summed E-state index contributed by atoms with van der Waals surface area (Å²) in [6, 6.07) is 0. The van der Waals surface area contributed by atoms with E-state index in [0.717, 1.165) is 19.3 Å². The maximum atomic E-state index is 11.2. The molecule has 13 heavy (non-hydrogen) atoms. The van der Waals surface area contributed by atoms with Crippen LogP contribution in [0.2, 0.25) is 0 Å².